The van der Waals surface area contributed by atoms with Gasteiger partial charge in [0, 0.05) is 22.1 Å². The van der Waals surface area contributed by atoms with Crippen LogP contribution in [0.15, 0.2) is 78.9 Å². The van der Waals surface area contributed by atoms with Gasteiger partial charge >= 0.3 is 0 Å². The molecule has 0 spiro atoms. The molecular weight excluding hydrogens is 343 g/mol. The van der Waals surface area contributed by atoms with Crippen molar-refractivity contribution in [2.45, 2.75) is 20.3 Å². The third kappa shape index (κ3) is 3.68. The monoisotopic (exact) mass is 364 g/mol. The summed E-state index contributed by atoms with van der Waals surface area (Å²) < 4.78 is 15.1. The van der Waals surface area contributed by atoms with Crippen molar-refractivity contribution in [3.05, 3.63) is 107 Å². The molecule has 0 aliphatic heterocycles. The molecule has 0 fully saturated rings. The summed E-state index contributed by atoms with van der Waals surface area (Å²) in [6.07, 6.45) is 1.02. The van der Waals surface area contributed by atoms with Gasteiger partial charge in [-0.3, -0.25) is 0 Å². The Bertz CT molecular complexity index is 1190. The SMILES string of the molecule is CCc1ccc(C#Cc2ccc3c(F)c(-c4ccc(C)cc4)ccc3c2)cc1. The lowest BCUT2D eigenvalue weighted by Crippen LogP contribution is -1.88. The summed E-state index contributed by atoms with van der Waals surface area (Å²) in [6.45, 7) is 4.17. The lowest BCUT2D eigenvalue weighted by Gasteiger charge is -2.08. The molecule has 0 radical (unpaired) electrons. The van der Waals surface area contributed by atoms with Gasteiger partial charge in [0.05, 0.1) is 0 Å². The first-order valence-electron chi connectivity index (χ1n) is 9.54. The maximum atomic E-state index is 15.1. The molecule has 0 amide bonds. The summed E-state index contributed by atoms with van der Waals surface area (Å²) >= 11 is 0. The first kappa shape index (κ1) is 18.0. The fourth-order valence-corrected chi connectivity index (χ4v) is 3.29. The van der Waals surface area contributed by atoms with Crippen LogP contribution in [0.5, 0.6) is 0 Å². The number of rotatable bonds is 2. The second kappa shape index (κ2) is 7.71. The van der Waals surface area contributed by atoms with Crippen molar-refractivity contribution in [3.63, 3.8) is 0 Å². The van der Waals surface area contributed by atoms with Crippen molar-refractivity contribution in [1.82, 2.24) is 0 Å². The minimum atomic E-state index is -0.184. The third-order valence-corrected chi connectivity index (χ3v) is 5.03. The predicted molar refractivity (Wildman–Crippen MR) is 116 cm³/mol. The molecule has 0 saturated heterocycles. The van der Waals surface area contributed by atoms with E-state index in [2.05, 4.69) is 30.9 Å². The molecule has 0 nitrogen and oxygen atoms in total. The van der Waals surface area contributed by atoms with E-state index < -0.39 is 0 Å². The highest BCUT2D eigenvalue weighted by molar-refractivity contribution is 5.89. The van der Waals surface area contributed by atoms with E-state index in [0.717, 1.165) is 34.1 Å². The largest absolute Gasteiger partial charge is 0.206 e. The van der Waals surface area contributed by atoms with Crippen LogP contribution in [0.2, 0.25) is 0 Å². The molecule has 0 bridgehead atoms. The molecule has 0 atom stereocenters. The van der Waals surface area contributed by atoms with Crippen LogP contribution in [0.25, 0.3) is 21.9 Å². The van der Waals surface area contributed by atoms with Gasteiger partial charge < -0.3 is 0 Å². The molecule has 0 aliphatic rings. The minimum Gasteiger partial charge on any atom is -0.206 e. The Labute approximate surface area is 165 Å². The Morgan fingerprint density at radius 2 is 1.43 bits per heavy atom. The average molecular weight is 364 g/mol. The number of hydrogen-bond acceptors (Lipinski definition) is 0. The average Bonchev–Trinajstić information content (AvgIpc) is 2.74. The summed E-state index contributed by atoms with van der Waals surface area (Å²) in [4.78, 5) is 0. The Morgan fingerprint density at radius 3 is 2.14 bits per heavy atom. The number of halogens is 1. The van der Waals surface area contributed by atoms with Gasteiger partial charge in [0.25, 0.3) is 0 Å². The molecule has 1 heteroatoms. The molecule has 4 aromatic carbocycles. The molecule has 136 valence electrons. The lowest BCUT2D eigenvalue weighted by molar-refractivity contribution is 0.643. The van der Waals surface area contributed by atoms with Crippen molar-refractivity contribution >= 4 is 10.8 Å². The van der Waals surface area contributed by atoms with Crippen molar-refractivity contribution in [2.24, 2.45) is 0 Å². The standard InChI is InChI=1S/C27H21F/c1-3-20-6-8-21(9-7-20)10-11-22-12-16-26-24(18-22)15-17-25(27(26)28)23-13-4-19(2)5-14-23/h4-9,12-18H,3H2,1-2H3. The van der Waals surface area contributed by atoms with E-state index in [9.17, 15) is 0 Å². The molecule has 0 saturated carbocycles. The molecule has 4 rings (SSSR count). The van der Waals surface area contributed by atoms with Gasteiger partial charge in [-0.25, -0.2) is 4.39 Å². The molecule has 0 unspecified atom stereocenters. The van der Waals surface area contributed by atoms with Gasteiger partial charge in [-0.1, -0.05) is 78.9 Å². The van der Waals surface area contributed by atoms with E-state index in [-0.39, 0.29) is 5.82 Å². The molecule has 0 aromatic heterocycles. The van der Waals surface area contributed by atoms with Gasteiger partial charge in [0.2, 0.25) is 0 Å². The van der Waals surface area contributed by atoms with E-state index in [1.165, 1.54) is 5.56 Å². The van der Waals surface area contributed by atoms with E-state index in [1.54, 1.807) is 0 Å². The van der Waals surface area contributed by atoms with Gasteiger partial charge in [-0.05, 0) is 54.1 Å². The smallest absolute Gasteiger partial charge is 0.138 e. The topological polar surface area (TPSA) is 0 Å². The fourth-order valence-electron chi connectivity index (χ4n) is 3.29. The summed E-state index contributed by atoms with van der Waals surface area (Å²) in [5.74, 6) is 6.20. The highest BCUT2D eigenvalue weighted by Gasteiger charge is 2.09. The number of benzene rings is 4. The minimum absolute atomic E-state index is 0.184. The van der Waals surface area contributed by atoms with E-state index in [1.807, 2.05) is 73.7 Å². The van der Waals surface area contributed by atoms with Crippen LogP contribution < -0.4 is 0 Å². The lowest BCUT2D eigenvalue weighted by atomic mass is 9.98. The van der Waals surface area contributed by atoms with Crippen LogP contribution in [-0.4, -0.2) is 0 Å². The molecule has 0 N–H and O–H groups in total. The summed E-state index contributed by atoms with van der Waals surface area (Å²) in [6, 6.07) is 25.7. The van der Waals surface area contributed by atoms with Crippen LogP contribution in [0.4, 0.5) is 4.39 Å². The molecule has 28 heavy (non-hydrogen) atoms. The Balaban J connectivity index is 1.67. The van der Waals surface area contributed by atoms with Gasteiger partial charge in [0.15, 0.2) is 0 Å². The highest BCUT2D eigenvalue weighted by atomic mass is 19.1. The first-order chi connectivity index (χ1) is 13.6. The van der Waals surface area contributed by atoms with Crippen LogP contribution in [0, 0.1) is 24.6 Å². The fraction of sp³-hybridized carbons (Fsp3) is 0.111. The van der Waals surface area contributed by atoms with Gasteiger partial charge in [0.1, 0.15) is 5.82 Å². The second-order valence-corrected chi connectivity index (χ2v) is 7.03. The quantitative estimate of drug-likeness (QED) is 0.339. The zero-order valence-corrected chi connectivity index (χ0v) is 16.1. The Kier molecular flexibility index (Phi) is 4.96. The zero-order valence-electron chi connectivity index (χ0n) is 16.1. The van der Waals surface area contributed by atoms with Gasteiger partial charge in [-0.15, -0.1) is 0 Å². The van der Waals surface area contributed by atoms with E-state index >= 15 is 4.39 Å². The van der Waals surface area contributed by atoms with Crippen molar-refractivity contribution in [2.75, 3.05) is 0 Å². The maximum Gasteiger partial charge on any atom is 0.138 e. The molecular formula is C27H21F. The maximum absolute atomic E-state index is 15.1. The second-order valence-electron chi connectivity index (χ2n) is 7.03. The number of fused-ring (bicyclic) bond motifs is 1. The molecule has 4 aromatic rings. The van der Waals surface area contributed by atoms with Crippen molar-refractivity contribution in [3.8, 4) is 23.0 Å². The number of aryl methyl sites for hydroxylation is 2. The Hall–Kier alpha value is -3.37. The van der Waals surface area contributed by atoms with Crippen molar-refractivity contribution < 1.29 is 4.39 Å². The Morgan fingerprint density at radius 1 is 0.750 bits per heavy atom. The number of hydrogen-bond donors (Lipinski definition) is 0. The third-order valence-electron chi connectivity index (χ3n) is 5.03. The van der Waals surface area contributed by atoms with Crippen LogP contribution >= 0.6 is 0 Å². The van der Waals surface area contributed by atoms with E-state index in [4.69, 9.17) is 0 Å². The van der Waals surface area contributed by atoms with Gasteiger partial charge in [-0.2, -0.15) is 0 Å². The molecule has 0 heterocycles. The normalized spacial score (nSPS) is 10.5. The predicted octanol–water partition coefficient (Wildman–Crippen LogP) is 6.92. The summed E-state index contributed by atoms with van der Waals surface area (Å²) in [7, 11) is 0. The van der Waals surface area contributed by atoms with Crippen LogP contribution in [-0.2, 0) is 6.42 Å². The summed E-state index contributed by atoms with van der Waals surface area (Å²) in [5, 5.41) is 1.48. The van der Waals surface area contributed by atoms with Crippen molar-refractivity contribution in [1.29, 1.82) is 0 Å². The van der Waals surface area contributed by atoms with E-state index in [0.29, 0.717) is 10.9 Å². The highest BCUT2D eigenvalue weighted by Crippen LogP contribution is 2.29. The zero-order chi connectivity index (χ0) is 19.5. The van der Waals surface area contributed by atoms with Crippen LogP contribution in [0.3, 0.4) is 0 Å². The van der Waals surface area contributed by atoms with Crippen LogP contribution in [0.1, 0.15) is 29.2 Å². The first-order valence-corrected chi connectivity index (χ1v) is 9.54. The molecule has 0 aliphatic carbocycles. The summed E-state index contributed by atoms with van der Waals surface area (Å²) in [5.41, 5.74) is 5.85.